The third-order valence-electron chi connectivity index (χ3n) is 4.99. The summed E-state index contributed by atoms with van der Waals surface area (Å²) < 4.78 is 0. The summed E-state index contributed by atoms with van der Waals surface area (Å²) in [5.74, 6) is -0.0521. The van der Waals surface area contributed by atoms with Crippen LogP contribution in [0.25, 0.3) is 0 Å². The van der Waals surface area contributed by atoms with Gasteiger partial charge in [0.05, 0.1) is 15.7 Å². The van der Waals surface area contributed by atoms with Gasteiger partial charge in [0.2, 0.25) is 5.91 Å². The Morgan fingerprint density at radius 3 is 2.42 bits per heavy atom. The topological polar surface area (TPSA) is 44.4 Å². The van der Waals surface area contributed by atoms with Crippen LogP contribution >= 0.6 is 35.6 Å². The molecule has 0 spiro atoms. The summed E-state index contributed by atoms with van der Waals surface area (Å²) in [6.45, 7) is 0.748. The maximum absolute atomic E-state index is 12.2. The number of para-hydroxylation sites is 1. The van der Waals surface area contributed by atoms with Crippen LogP contribution in [0.3, 0.4) is 0 Å². The van der Waals surface area contributed by atoms with Crippen LogP contribution in [-0.4, -0.2) is 42.5 Å². The Kier molecular flexibility index (Phi) is 7.20. The minimum Gasteiger partial charge on any atom is -0.324 e. The molecule has 2 fully saturated rings. The SMILES string of the molecule is CN(CCC(=O)Nc1c(Cl)cccc1Cl)C1CC2CCC(C1)N2.Cl. The summed E-state index contributed by atoms with van der Waals surface area (Å²) >= 11 is 12.2. The molecule has 134 valence electrons. The highest BCUT2D eigenvalue weighted by atomic mass is 35.5. The van der Waals surface area contributed by atoms with Crippen molar-refractivity contribution in [1.29, 1.82) is 0 Å². The van der Waals surface area contributed by atoms with Gasteiger partial charge in [0.1, 0.15) is 0 Å². The van der Waals surface area contributed by atoms with Crippen molar-refractivity contribution in [3.63, 3.8) is 0 Å². The zero-order chi connectivity index (χ0) is 16.4. The highest BCUT2D eigenvalue weighted by Gasteiger charge is 2.34. The number of nitrogens with one attached hydrogen (secondary N) is 2. The van der Waals surface area contributed by atoms with Gasteiger partial charge in [0.15, 0.2) is 0 Å². The summed E-state index contributed by atoms with van der Waals surface area (Å²) in [4.78, 5) is 14.5. The van der Waals surface area contributed by atoms with Gasteiger partial charge in [-0.15, -0.1) is 12.4 Å². The van der Waals surface area contributed by atoms with Gasteiger partial charge in [-0.3, -0.25) is 4.79 Å². The second-order valence-electron chi connectivity index (χ2n) is 6.64. The minimum absolute atomic E-state index is 0. The molecule has 24 heavy (non-hydrogen) atoms. The summed E-state index contributed by atoms with van der Waals surface area (Å²) in [5, 5.41) is 7.41. The summed E-state index contributed by atoms with van der Waals surface area (Å²) in [5.41, 5.74) is 0.503. The van der Waals surface area contributed by atoms with Crippen molar-refractivity contribution < 1.29 is 4.79 Å². The van der Waals surface area contributed by atoms with Gasteiger partial charge in [0.25, 0.3) is 0 Å². The lowest BCUT2D eigenvalue weighted by Gasteiger charge is -2.35. The molecule has 0 saturated carbocycles. The van der Waals surface area contributed by atoms with Crippen LogP contribution < -0.4 is 10.6 Å². The van der Waals surface area contributed by atoms with Crippen LogP contribution in [0.15, 0.2) is 18.2 Å². The van der Waals surface area contributed by atoms with E-state index in [9.17, 15) is 4.79 Å². The molecule has 2 unspecified atom stereocenters. The monoisotopic (exact) mass is 391 g/mol. The van der Waals surface area contributed by atoms with E-state index < -0.39 is 0 Å². The van der Waals surface area contributed by atoms with Crippen molar-refractivity contribution in [2.75, 3.05) is 18.9 Å². The van der Waals surface area contributed by atoms with Crippen molar-refractivity contribution in [1.82, 2.24) is 10.2 Å². The lowest BCUT2D eigenvalue weighted by Crippen LogP contribution is -2.47. The van der Waals surface area contributed by atoms with Crippen molar-refractivity contribution in [2.45, 2.75) is 50.2 Å². The molecule has 2 aliphatic heterocycles. The molecule has 2 saturated heterocycles. The molecule has 0 aliphatic carbocycles. The fraction of sp³-hybridized carbons (Fsp3) is 0.588. The molecule has 2 bridgehead atoms. The Labute approximate surface area is 159 Å². The number of piperidine rings is 1. The fourth-order valence-electron chi connectivity index (χ4n) is 3.67. The van der Waals surface area contributed by atoms with Gasteiger partial charge in [0, 0.05) is 31.1 Å². The Bertz CT molecular complexity index is 552. The minimum atomic E-state index is -0.0521. The molecule has 2 atom stereocenters. The van der Waals surface area contributed by atoms with E-state index in [4.69, 9.17) is 23.2 Å². The first kappa shape index (κ1) is 19.8. The highest BCUT2D eigenvalue weighted by molar-refractivity contribution is 6.39. The number of hydrogen-bond acceptors (Lipinski definition) is 3. The Morgan fingerprint density at radius 2 is 1.83 bits per heavy atom. The molecule has 1 amide bonds. The van der Waals surface area contributed by atoms with Crippen molar-refractivity contribution in [3.8, 4) is 0 Å². The number of benzene rings is 1. The Hall–Kier alpha value is -0.520. The van der Waals surface area contributed by atoms with E-state index in [-0.39, 0.29) is 18.3 Å². The number of anilines is 1. The molecule has 0 radical (unpaired) electrons. The average Bonchev–Trinajstić information content (AvgIpc) is 2.87. The van der Waals surface area contributed by atoms with E-state index in [0.717, 1.165) is 6.54 Å². The van der Waals surface area contributed by atoms with Gasteiger partial charge in [-0.05, 0) is 44.9 Å². The normalized spacial score (nSPS) is 25.4. The first-order valence-corrected chi connectivity index (χ1v) is 8.98. The van der Waals surface area contributed by atoms with Gasteiger partial charge in [-0.1, -0.05) is 29.3 Å². The Morgan fingerprint density at radius 1 is 1.25 bits per heavy atom. The number of carbonyl (C=O) groups is 1. The van der Waals surface area contributed by atoms with Crippen LogP contribution in [0.1, 0.15) is 32.1 Å². The average molecular weight is 393 g/mol. The summed E-state index contributed by atoms with van der Waals surface area (Å²) in [7, 11) is 2.12. The second kappa shape index (κ2) is 8.72. The molecule has 2 heterocycles. The molecule has 1 aromatic carbocycles. The predicted molar refractivity (Wildman–Crippen MR) is 103 cm³/mol. The first-order valence-electron chi connectivity index (χ1n) is 8.23. The number of fused-ring (bicyclic) bond motifs is 2. The van der Waals surface area contributed by atoms with Crippen molar-refractivity contribution in [3.05, 3.63) is 28.2 Å². The molecule has 2 aliphatic rings. The van der Waals surface area contributed by atoms with E-state index in [1.54, 1.807) is 18.2 Å². The quantitative estimate of drug-likeness (QED) is 0.797. The van der Waals surface area contributed by atoms with Crippen molar-refractivity contribution in [2.24, 2.45) is 0 Å². The second-order valence-corrected chi connectivity index (χ2v) is 7.45. The van der Waals surface area contributed by atoms with Gasteiger partial charge >= 0.3 is 0 Å². The zero-order valence-corrected chi connectivity index (χ0v) is 16.1. The third-order valence-corrected chi connectivity index (χ3v) is 5.62. The Balaban J connectivity index is 0.00000208. The molecule has 4 nitrogen and oxygen atoms in total. The predicted octanol–water partition coefficient (Wildman–Crippen LogP) is 3.96. The lowest BCUT2D eigenvalue weighted by molar-refractivity contribution is -0.116. The van der Waals surface area contributed by atoms with Gasteiger partial charge < -0.3 is 15.5 Å². The van der Waals surface area contributed by atoms with E-state index in [2.05, 4.69) is 22.6 Å². The van der Waals surface area contributed by atoms with E-state index in [1.165, 1.54) is 25.7 Å². The fourth-order valence-corrected chi connectivity index (χ4v) is 4.16. The molecule has 0 aromatic heterocycles. The smallest absolute Gasteiger partial charge is 0.225 e. The van der Waals surface area contributed by atoms with E-state index in [0.29, 0.717) is 40.3 Å². The number of rotatable bonds is 5. The maximum Gasteiger partial charge on any atom is 0.225 e. The highest BCUT2D eigenvalue weighted by Crippen LogP contribution is 2.31. The summed E-state index contributed by atoms with van der Waals surface area (Å²) in [6.07, 6.45) is 5.40. The summed E-state index contributed by atoms with van der Waals surface area (Å²) in [6, 6.07) is 7.11. The third kappa shape index (κ3) is 4.77. The van der Waals surface area contributed by atoms with Crippen LogP contribution in [0.4, 0.5) is 5.69 Å². The van der Waals surface area contributed by atoms with Crippen molar-refractivity contribution >= 4 is 47.2 Å². The largest absolute Gasteiger partial charge is 0.324 e. The van der Waals surface area contributed by atoms with Crippen LogP contribution in [0.2, 0.25) is 10.0 Å². The number of halogens is 3. The van der Waals surface area contributed by atoms with Crippen LogP contribution in [0.5, 0.6) is 0 Å². The molecule has 7 heteroatoms. The maximum atomic E-state index is 12.2. The van der Waals surface area contributed by atoms with Gasteiger partial charge in [-0.2, -0.15) is 0 Å². The number of carbonyl (C=O) groups excluding carboxylic acids is 1. The number of hydrogen-bond donors (Lipinski definition) is 2. The van der Waals surface area contributed by atoms with Crippen LogP contribution in [0, 0.1) is 0 Å². The van der Waals surface area contributed by atoms with E-state index in [1.807, 2.05) is 0 Å². The van der Waals surface area contributed by atoms with Crippen LogP contribution in [-0.2, 0) is 4.79 Å². The van der Waals surface area contributed by atoms with Gasteiger partial charge in [-0.25, -0.2) is 0 Å². The molecular weight excluding hydrogens is 369 g/mol. The molecule has 1 aromatic rings. The molecule has 3 rings (SSSR count). The lowest BCUT2D eigenvalue weighted by atomic mass is 9.98. The zero-order valence-electron chi connectivity index (χ0n) is 13.7. The number of amides is 1. The molecular formula is C17H24Cl3N3O. The number of nitrogens with zero attached hydrogens (tertiary/aromatic N) is 1. The van der Waals surface area contributed by atoms with E-state index >= 15 is 0 Å². The first-order chi connectivity index (χ1) is 11.0. The standard InChI is InChI=1S/C17H23Cl2N3O.ClH/c1-22(13-9-11-5-6-12(10-13)20-11)8-7-16(23)21-17-14(18)3-2-4-15(17)19;/h2-4,11-13,20H,5-10H2,1H3,(H,21,23);1H. The molecule has 2 N–H and O–H groups in total.